The van der Waals surface area contributed by atoms with Gasteiger partial charge in [-0.3, -0.25) is 14.3 Å². The van der Waals surface area contributed by atoms with E-state index in [1.165, 1.54) is 0 Å². The molecule has 0 unspecified atom stereocenters. The summed E-state index contributed by atoms with van der Waals surface area (Å²) < 4.78 is 1.97. The normalized spacial score (nSPS) is 18.7. The van der Waals surface area contributed by atoms with E-state index >= 15 is 0 Å². The van der Waals surface area contributed by atoms with Crippen LogP contribution in [0, 0.1) is 19.3 Å². The summed E-state index contributed by atoms with van der Waals surface area (Å²) in [6.45, 7) is 9.83. The highest BCUT2D eigenvalue weighted by Gasteiger charge is 2.44. The van der Waals surface area contributed by atoms with Gasteiger partial charge in [-0.25, -0.2) is 0 Å². The molecule has 4 rings (SSSR count). The molecule has 2 amide bonds. The van der Waals surface area contributed by atoms with E-state index in [2.05, 4.69) is 11.2 Å². The summed E-state index contributed by atoms with van der Waals surface area (Å²) in [6, 6.07) is 9.94. The topological polar surface area (TPSA) is 58.4 Å². The van der Waals surface area contributed by atoms with Crippen LogP contribution in [0.15, 0.2) is 30.3 Å². The van der Waals surface area contributed by atoms with Crippen molar-refractivity contribution >= 4 is 11.8 Å². The van der Waals surface area contributed by atoms with Crippen molar-refractivity contribution in [3.63, 3.8) is 0 Å². The molecule has 6 heteroatoms. The summed E-state index contributed by atoms with van der Waals surface area (Å²) >= 11 is 0. The summed E-state index contributed by atoms with van der Waals surface area (Å²) in [5.41, 5.74) is 4.01. The minimum absolute atomic E-state index is 0.0706. The Hall–Kier alpha value is -2.63. The zero-order valence-electron chi connectivity index (χ0n) is 17.6. The molecular weight excluding hydrogens is 364 g/mol. The second-order valence-electron chi connectivity index (χ2n) is 8.66. The van der Waals surface area contributed by atoms with Gasteiger partial charge in [0.15, 0.2) is 0 Å². The number of aryl methyl sites for hydroxylation is 2. The quantitative estimate of drug-likeness (QED) is 0.801. The van der Waals surface area contributed by atoms with Crippen LogP contribution in [0.4, 0.5) is 0 Å². The van der Waals surface area contributed by atoms with E-state index in [4.69, 9.17) is 0 Å². The minimum atomic E-state index is 0.0706. The molecule has 2 aromatic rings. The fraction of sp³-hybridized carbons (Fsp3) is 0.522. The fourth-order valence-electron chi connectivity index (χ4n) is 4.78. The maximum absolute atomic E-state index is 13.1. The molecule has 1 spiro atoms. The summed E-state index contributed by atoms with van der Waals surface area (Å²) in [5, 5.41) is 4.52. The van der Waals surface area contributed by atoms with E-state index in [9.17, 15) is 9.59 Å². The van der Waals surface area contributed by atoms with Crippen LogP contribution in [-0.4, -0.2) is 57.6 Å². The third-order valence-electron chi connectivity index (χ3n) is 6.51. The van der Waals surface area contributed by atoms with Gasteiger partial charge in [-0.05, 0) is 57.4 Å². The first kappa shape index (κ1) is 19.7. The number of aromatic nitrogens is 2. The smallest absolute Gasteiger partial charge is 0.253 e. The number of piperidine rings is 1. The highest BCUT2D eigenvalue weighted by Crippen LogP contribution is 2.41. The zero-order valence-corrected chi connectivity index (χ0v) is 17.6. The molecule has 0 radical (unpaired) electrons. The van der Waals surface area contributed by atoms with Crippen LogP contribution in [-0.2, 0) is 11.3 Å². The average Bonchev–Trinajstić information content (AvgIpc) is 3.19. The second kappa shape index (κ2) is 7.65. The number of nitrogens with zero attached hydrogens (tertiary/aromatic N) is 4. The lowest BCUT2D eigenvalue weighted by Gasteiger charge is -2.38. The molecule has 3 heterocycles. The van der Waals surface area contributed by atoms with Crippen molar-refractivity contribution < 1.29 is 9.59 Å². The third-order valence-corrected chi connectivity index (χ3v) is 6.51. The van der Waals surface area contributed by atoms with Gasteiger partial charge >= 0.3 is 0 Å². The first-order valence-electron chi connectivity index (χ1n) is 10.6. The number of benzene rings is 1. The summed E-state index contributed by atoms with van der Waals surface area (Å²) in [4.78, 5) is 29.2. The molecule has 0 bridgehead atoms. The number of amides is 2. The summed E-state index contributed by atoms with van der Waals surface area (Å²) in [6.07, 6.45) is 2.46. The molecule has 154 valence electrons. The Morgan fingerprint density at radius 2 is 1.93 bits per heavy atom. The summed E-state index contributed by atoms with van der Waals surface area (Å²) in [7, 11) is 0. The minimum Gasteiger partial charge on any atom is -0.342 e. The number of hydrogen-bond acceptors (Lipinski definition) is 3. The van der Waals surface area contributed by atoms with Crippen molar-refractivity contribution in [2.45, 2.75) is 46.6 Å². The number of rotatable bonds is 4. The fourth-order valence-corrected chi connectivity index (χ4v) is 4.78. The van der Waals surface area contributed by atoms with Crippen molar-refractivity contribution in [2.24, 2.45) is 5.41 Å². The molecule has 0 aliphatic carbocycles. The van der Waals surface area contributed by atoms with Gasteiger partial charge in [-0.1, -0.05) is 12.1 Å². The van der Waals surface area contributed by atoms with Crippen LogP contribution in [0.1, 0.15) is 53.5 Å². The largest absolute Gasteiger partial charge is 0.342 e. The van der Waals surface area contributed by atoms with Crippen LogP contribution in [0.3, 0.4) is 0 Å². The molecule has 2 fully saturated rings. The Balaban J connectivity index is 1.42. The monoisotopic (exact) mass is 394 g/mol. The molecule has 2 aliphatic heterocycles. The zero-order chi connectivity index (χ0) is 20.6. The highest BCUT2D eigenvalue weighted by atomic mass is 16.2. The molecule has 1 aromatic carbocycles. The maximum atomic E-state index is 13.1. The molecule has 0 atom stereocenters. The highest BCUT2D eigenvalue weighted by molar-refractivity contribution is 5.94. The predicted molar refractivity (Wildman–Crippen MR) is 112 cm³/mol. The molecule has 2 aliphatic rings. The van der Waals surface area contributed by atoms with Crippen LogP contribution < -0.4 is 0 Å². The van der Waals surface area contributed by atoms with E-state index in [1.807, 2.05) is 59.5 Å². The SMILES string of the molecule is CCN1CC2(CCN(C(=O)c3cccc(Cn4nc(C)cc4C)c3)CC2)CC1=O. The van der Waals surface area contributed by atoms with Crippen molar-refractivity contribution in [3.05, 3.63) is 52.8 Å². The predicted octanol–water partition coefficient (Wildman–Crippen LogP) is 3.02. The first-order valence-corrected chi connectivity index (χ1v) is 10.6. The van der Waals surface area contributed by atoms with Crippen molar-refractivity contribution in [2.75, 3.05) is 26.2 Å². The third kappa shape index (κ3) is 3.93. The van der Waals surface area contributed by atoms with E-state index < -0.39 is 0 Å². The molecule has 29 heavy (non-hydrogen) atoms. The average molecular weight is 395 g/mol. The first-order chi connectivity index (χ1) is 13.9. The summed E-state index contributed by atoms with van der Waals surface area (Å²) in [5.74, 6) is 0.357. The number of carbonyl (C=O) groups excluding carboxylic acids is 2. The lowest BCUT2D eigenvalue weighted by molar-refractivity contribution is -0.127. The van der Waals surface area contributed by atoms with E-state index in [0.717, 1.165) is 61.5 Å². The van der Waals surface area contributed by atoms with Crippen molar-refractivity contribution in [1.82, 2.24) is 19.6 Å². The Kier molecular flexibility index (Phi) is 5.19. The van der Waals surface area contributed by atoms with Gasteiger partial charge in [-0.2, -0.15) is 5.10 Å². The van der Waals surface area contributed by atoms with Gasteiger partial charge in [0.1, 0.15) is 0 Å². The Morgan fingerprint density at radius 3 is 2.55 bits per heavy atom. The molecule has 0 saturated carbocycles. The Morgan fingerprint density at radius 1 is 1.17 bits per heavy atom. The van der Waals surface area contributed by atoms with Crippen LogP contribution in [0.25, 0.3) is 0 Å². The molecule has 6 nitrogen and oxygen atoms in total. The van der Waals surface area contributed by atoms with Gasteiger partial charge in [-0.15, -0.1) is 0 Å². The molecule has 0 N–H and O–H groups in total. The van der Waals surface area contributed by atoms with Gasteiger partial charge in [0.25, 0.3) is 5.91 Å². The molecular formula is C23H30N4O2. The number of carbonyl (C=O) groups is 2. The standard InChI is InChI=1S/C23H30N4O2/c1-4-25-16-23(14-21(25)28)8-10-26(11-9-23)22(29)20-7-5-6-19(13-20)15-27-18(3)12-17(2)24-27/h5-7,12-13H,4,8-11,14-16H2,1-3H3. The van der Waals surface area contributed by atoms with Crippen LogP contribution in [0.5, 0.6) is 0 Å². The van der Waals surface area contributed by atoms with Crippen molar-refractivity contribution in [3.8, 4) is 0 Å². The number of hydrogen-bond donors (Lipinski definition) is 0. The maximum Gasteiger partial charge on any atom is 0.253 e. The van der Waals surface area contributed by atoms with Crippen molar-refractivity contribution in [1.29, 1.82) is 0 Å². The molecule has 1 aromatic heterocycles. The van der Waals surface area contributed by atoms with Gasteiger partial charge < -0.3 is 9.80 Å². The van der Waals surface area contributed by atoms with E-state index in [-0.39, 0.29) is 17.2 Å². The van der Waals surface area contributed by atoms with Crippen LogP contribution in [0.2, 0.25) is 0 Å². The second-order valence-corrected chi connectivity index (χ2v) is 8.66. The van der Waals surface area contributed by atoms with Gasteiger partial charge in [0.2, 0.25) is 5.91 Å². The van der Waals surface area contributed by atoms with Gasteiger partial charge in [0, 0.05) is 49.3 Å². The Bertz CT molecular complexity index is 925. The lowest BCUT2D eigenvalue weighted by atomic mass is 9.77. The number of likely N-dealkylation sites (tertiary alicyclic amines) is 2. The molecule has 2 saturated heterocycles. The lowest BCUT2D eigenvalue weighted by Crippen LogP contribution is -2.44. The van der Waals surface area contributed by atoms with Gasteiger partial charge in [0.05, 0.1) is 12.2 Å². The van der Waals surface area contributed by atoms with E-state index in [0.29, 0.717) is 13.0 Å². The Labute approximate surface area is 172 Å². The van der Waals surface area contributed by atoms with E-state index in [1.54, 1.807) is 0 Å². The van der Waals surface area contributed by atoms with Crippen LogP contribution >= 0.6 is 0 Å².